The van der Waals surface area contributed by atoms with Crippen molar-refractivity contribution in [3.05, 3.63) is 53.9 Å². The molecule has 6 heteroatoms. The van der Waals surface area contributed by atoms with Gasteiger partial charge in [0.2, 0.25) is 6.79 Å². The molecular formula is C17H12N2O4. The van der Waals surface area contributed by atoms with Gasteiger partial charge in [0.25, 0.3) is 0 Å². The lowest BCUT2D eigenvalue weighted by molar-refractivity contribution is -0.130. The maximum atomic E-state index is 11.7. The molecule has 0 amide bonds. The molecule has 1 aliphatic rings. The van der Waals surface area contributed by atoms with Crippen molar-refractivity contribution in [1.82, 2.24) is 9.97 Å². The van der Waals surface area contributed by atoms with Crippen LogP contribution < -0.4 is 9.47 Å². The van der Waals surface area contributed by atoms with E-state index in [9.17, 15) is 9.90 Å². The Morgan fingerprint density at radius 3 is 3.00 bits per heavy atom. The van der Waals surface area contributed by atoms with Gasteiger partial charge in [-0.2, -0.15) is 0 Å². The minimum atomic E-state index is -1.01. The highest BCUT2D eigenvalue weighted by atomic mass is 16.7. The third kappa shape index (κ3) is 2.30. The van der Waals surface area contributed by atoms with Crippen LogP contribution in [-0.2, 0) is 4.79 Å². The van der Waals surface area contributed by atoms with Crippen LogP contribution in [0.3, 0.4) is 0 Å². The second kappa shape index (κ2) is 5.17. The van der Waals surface area contributed by atoms with Crippen molar-refractivity contribution in [2.24, 2.45) is 0 Å². The fourth-order valence-electron chi connectivity index (χ4n) is 2.58. The maximum Gasteiger partial charge on any atom is 0.336 e. The Morgan fingerprint density at radius 1 is 1.26 bits per heavy atom. The molecule has 0 unspecified atom stereocenters. The molecule has 0 fully saturated rings. The topological polar surface area (TPSA) is 84.4 Å². The van der Waals surface area contributed by atoms with Crippen molar-refractivity contribution in [3.8, 4) is 11.5 Å². The van der Waals surface area contributed by atoms with Gasteiger partial charge in [-0.1, -0.05) is 6.07 Å². The number of H-pyrrole nitrogens is 1. The Bertz CT molecular complexity index is 943. The molecule has 0 aliphatic carbocycles. The number of aromatic nitrogens is 2. The van der Waals surface area contributed by atoms with Crippen LogP contribution in [0.1, 0.15) is 11.1 Å². The zero-order valence-corrected chi connectivity index (χ0v) is 11.9. The molecule has 2 N–H and O–H groups in total. The summed E-state index contributed by atoms with van der Waals surface area (Å²) in [6, 6.07) is 8.81. The summed E-state index contributed by atoms with van der Waals surface area (Å²) in [5.74, 6) is 0.159. The van der Waals surface area contributed by atoms with Gasteiger partial charge in [0, 0.05) is 23.3 Å². The van der Waals surface area contributed by atoms with Crippen molar-refractivity contribution in [1.29, 1.82) is 0 Å². The van der Waals surface area contributed by atoms with Crippen molar-refractivity contribution >= 4 is 28.7 Å². The SMILES string of the molecule is O=C(O)/C(=C\c1c[nH]c2ncccc12)c1ccc2c(c1)OCO2. The van der Waals surface area contributed by atoms with Crippen LogP contribution in [0.25, 0.3) is 22.7 Å². The minimum Gasteiger partial charge on any atom is -0.478 e. The van der Waals surface area contributed by atoms with E-state index in [0.717, 1.165) is 10.9 Å². The molecule has 4 rings (SSSR count). The minimum absolute atomic E-state index is 0.152. The van der Waals surface area contributed by atoms with Gasteiger partial charge < -0.3 is 19.6 Å². The molecule has 0 saturated carbocycles. The Kier molecular flexibility index (Phi) is 3.01. The molecule has 0 spiro atoms. The van der Waals surface area contributed by atoms with Gasteiger partial charge in [0.1, 0.15) is 5.65 Å². The summed E-state index contributed by atoms with van der Waals surface area (Å²) in [5.41, 5.74) is 2.21. The molecule has 0 bridgehead atoms. The molecule has 3 aromatic rings. The largest absolute Gasteiger partial charge is 0.478 e. The summed E-state index contributed by atoms with van der Waals surface area (Å²) in [7, 11) is 0. The average Bonchev–Trinajstić information content (AvgIpc) is 3.18. The van der Waals surface area contributed by atoms with E-state index >= 15 is 0 Å². The number of benzene rings is 1. The smallest absolute Gasteiger partial charge is 0.336 e. The number of hydrogen-bond acceptors (Lipinski definition) is 4. The van der Waals surface area contributed by atoms with Crippen molar-refractivity contribution in [3.63, 3.8) is 0 Å². The predicted molar refractivity (Wildman–Crippen MR) is 84.2 cm³/mol. The van der Waals surface area contributed by atoms with E-state index in [1.165, 1.54) is 0 Å². The van der Waals surface area contributed by atoms with Gasteiger partial charge in [-0.15, -0.1) is 0 Å². The molecule has 0 saturated heterocycles. The first-order chi connectivity index (χ1) is 11.2. The van der Waals surface area contributed by atoms with Crippen molar-refractivity contribution in [2.75, 3.05) is 6.79 Å². The quantitative estimate of drug-likeness (QED) is 0.727. The zero-order chi connectivity index (χ0) is 15.8. The van der Waals surface area contributed by atoms with Crippen molar-refractivity contribution < 1.29 is 19.4 Å². The lowest BCUT2D eigenvalue weighted by atomic mass is 10.0. The number of nitrogens with one attached hydrogen (secondary N) is 1. The third-order valence-corrected chi connectivity index (χ3v) is 3.70. The molecule has 114 valence electrons. The summed E-state index contributed by atoms with van der Waals surface area (Å²) < 4.78 is 10.6. The zero-order valence-electron chi connectivity index (χ0n) is 11.9. The second-order valence-electron chi connectivity index (χ2n) is 5.07. The number of carbonyl (C=O) groups is 1. The summed E-state index contributed by atoms with van der Waals surface area (Å²) >= 11 is 0. The van der Waals surface area contributed by atoms with Gasteiger partial charge in [0.15, 0.2) is 11.5 Å². The van der Waals surface area contributed by atoms with E-state index in [1.54, 1.807) is 36.7 Å². The van der Waals surface area contributed by atoms with Crippen LogP contribution >= 0.6 is 0 Å². The van der Waals surface area contributed by atoms with Crippen LogP contribution in [0.5, 0.6) is 11.5 Å². The molecule has 1 aliphatic heterocycles. The molecule has 0 atom stereocenters. The first-order valence-corrected chi connectivity index (χ1v) is 6.99. The van der Waals surface area contributed by atoms with Gasteiger partial charge in [-0.05, 0) is 35.9 Å². The predicted octanol–water partition coefficient (Wildman–Crippen LogP) is 2.92. The Labute approximate surface area is 131 Å². The number of ether oxygens (including phenoxy) is 2. The molecule has 1 aromatic carbocycles. The fourth-order valence-corrected chi connectivity index (χ4v) is 2.58. The van der Waals surface area contributed by atoms with Crippen LogP contribution in [0.2, 0.25) is 0 Å². The lowest BCUT2D eigenvalue weighted by Gasteiger charge is -2.04. The number of carboxylic acid groups (broad SMARTS) is 1. The second-order valence-corrected chi connectivity index (χ2v) is 5.07. The highest BCUT2D eigenvalue weighted by molar-refractivity contribution is 6.21. The highest BCUT2D eigenvalue weighted by Crippen LogP contribution is 2.35. The maximum absolute atomic E-state index is 11.7. The summed E-state index contributed by atoms with van der Waals surface area (Å²) in [4.78, 5) is 18.9. The number of rotatable bonds is 3. The average molecular weight is 308 g/mol. The van der Waals surface area contributed by atoms with Gasteiger partial charge in [0.05, 0.1) is 5.57 Å². The van der Waals surface area contributed by atoms with Crippen molar-refractivity contribution in [2.45, 2.75) is 0 Å². The van der Waals surface area contributed by atoms with E-state index in [-0.39, 0.29) is 12.4 Å². The number of fused-ring (bicyclic) bond motifs is 2. The lowest BCUT2D eigenvalue weighted by Crippen LogP contribution is -1.99. The Morgan fingerprint density at radius 2 is 2.13 bits per heavy atom. The van der Waals surface area contributed by atoms with E-state index in [2.05, 4.69) is 9.97 Å². The number of hydrogen-bond donors (Lipinski definition) is 2. The molecule has 2 aromatic heterocycles. The van der Waals surface area contributed by atoms with E-state index < -0.39 is 5.97 Å². The van der Waals surface area contributed by atoms with E-state index in [0.29, 0.717) is 22.7 Å². The van der Waals surface area contributed by atoms with Crippen LogP contribution in [0.4, 0.5) is 0 Å². The normalized spacial score (nSPS) is 13.5. The first-order valence-electron chi connectivity index (χ1n) is 6.99. The number of pyridine rings is 1. The van der Waals surface area contributed by atoms with Crippen LogP contribution in [0.15, 0.2) is 42.7 Å². The Hall–Kier alpha value is -3.28. The molecule has 23 heavy (non-hydrogen) atoms. The summed E-state index contributed by atoms with van der Waals surface area (Å²) in [6.45, 7) is 0.152. The highest BCUT2D eigenvalue weighted by Gasteiger charge is 2.18. The number of carboxylic acids is 1. The monoisotopic (exact) mass is 308 g/mol. The molecule has 3 heterocycles. The number of aliphatic carboxylic acids is 1. The molecule has 6 nitrogen and oxygen atoms in total. The van der Waals surface area contributed by atoms with Crippen LogP contribution in [0, 0.1) is 0 Å². The number of aromatic amines is 1. The Balaban J connectivity index is 1.83. The van der Waals surface area contributed by atoms with E-state index in [4.69, 9.17) is 9.47 Å². The summed E-state index contributed by atoms with van der Waals surface area (Å²) in [5, 5.41) is 10.4. The van der Waals surface area contributed by atoms with Gasteiger partial charge >= 0.3 is 5.97 Å². The standard InChI is InChI=1S/C17H12N2O4/c20-17(21)13(10-3-4-14-15(7-10)23-9-22-14)6-11-8-19-16-12(11)2-1-5-18-16/h1-8H,9H2,(H,18,19)(H,20,21)/b13-6-. The van der Waals surface area contributed by atoms with Crippen LogP contribution in [-0.4, -0.2) is 27.8 Å². The van der Waals surface area contributed by atoms with Gasteiger partial charge in [-0.3, -0.25) is 0 Å². The fraction of sp³-hybridized carbons (Fsp3) is 0.0588. The molecule has 0 radical (unpaired) electrons. The third-order valence-electron chi connectivity index (χ3n) is 3.70. The first kappa shape index (κ1) is 13.4. The number of nitrogens with zero attached hydrogens (tertiary/aromatic N) is 1. The molecular weight excluding hydrogens is 296 g/mol. The van der Waals surface area contributed by atoms with Gasteiger partial charge in [-0.25, -0.2) is 9.78 Å². The van der Waals surface area contributed by atoms with E-state index in [1.807, 2.05) is 12.1 Å². The summed E-state index contributed by atoms with van der Waals surface area (Å²) in [6.07, 6.45) is 5.05.